The van der Waals surface area contributed by atoms with Crippen LogP contribution < -0.4 is 20.1 Å². The van der Waals surface area contributed by atoms with E-state index in [2.05, 4.69) is 10.6 Å². The zero-order valence-electron chi connectivity index (χ0n) is 10.9. The Balaban J connectivity index is 0.00000180. The van der Waals surface area contributed by atoms with E-state index in [0.717, 1.165) is 13.0 Å². The number of amides is 1. The van der Waals surface area contributed by atoms with Crippen molar-refractivity contribution in [3.05, 3.63) is 23.8 Å². The largest absolute Gasteiger partial charge is 0.490 e. The molecule has 1 aromatic rings. The van der Waals surface area contributed by atoms with Gasteiger partial charge in [-0.25, -0.2) is 0 Å². The first-order chi connectivity index (χ1) is 8.81. The summed E-state index contributed by atoms with van der Waals surface area (Å²) in [5.41, 5.74) is 0.593. The van der Waals surface area contributed by atoms with Crippen LogP contribution in [0.4, 0.5) is 0 Å². The summed E-state index contributed by atoms with van der Waals surface area (Å²) in [5, 5.41) is 5.80. The molecule has 5 nitrogen and oxygen atoms in total. The monoisotopic (exact) mass is 286 g/mol. The van der Waals surface area contributed by atoms with Gasteiger partial charge < -0.3 is 20.1 Å². The number of benzene rings is 1. The highest BCUT2D eigenvalue weighted by molar-refractivity contribution is 5.94. The Bertz CT molecular complexity index is 426. The third-order valence-electron chi connectivity index (χ3n) is 2.67. The topological polar surface area (TPSA) is 59.6 Å². The van der Waals surface area contributed by atoms with Crippen LogP contribution in [0.15, 0.2) is 18.2 Å². The molecule has 0 aliphatic carbocycles. The highest BCUT2D eigenvalue weighted by atomic mass is 35.5. The number of fused-ring (bicyclic) bond motifs is 1. The number of nitrogens with one attached hydrogen (secondary N) is 2. The van der Waals surface area contributed by atoms with Crippen LogP contribution in [0.5, 0.6) is 11.5 Å². The van der Waals surface area contributed by atoms with Gasteiger partial charge in [0.2, 0.25) is 0 Å². The second-order valence-electron chi connectivity index (χ2n) is 4.07. The van der Waals surface area contributed by atoms with Crippen LogP contribution in [0.3, 0.4) is 0 Å². The number of likely N-dealkylation sites (N-methyl/N-ethyl adjacent to an activating group) is 1. The Kier molecular flexibility index (Phi) is 6.45. The number of hydrogen-bond donors (Lipinski definition) is 2. The van der Waals surface area contributed by atoms with Crippen molar-refractivity contribution in [2.75, 3.05) is 33.4 Å². The summed E-state index contributed by atoms with van der Waals surface area (Å²) in [4.78, 5) is 11.9. The molecule has 1 aromatic carbocycles. The van der Waals surface area contributed by atoms with Crippen molar-refractivity contribution in [2.45, 2.75) is 6.42 Å². The summed E-state index contributed by atoms with van der Waals surface area (Å²) in [6, 6.07) is 5.27. The van der Waals surface area contributed by atoms with E-state index in [9.17, 15) is 4.79 Å². The third-order valence-corrected chi connectivity index (χ3v) is 2.67. The lowest BCUT2D eigenvalue weighted by Gasteiger charge is -2.09. The van der Waals surface area contributed by atoms with Crippen molar-refractivity contribution in [2.24, 2.45) is 0 Å². The summed E-state index contributed by atoms with van der Waals surface area (Å²) in [6.45, 7) is 2.62. The van der Waals surface area contributed by atoms with Crippen molar-refractivity contribution < 1.29 is 14.3 Å². The van der Waals surface area contributed by atoms with E-state index in [1.165, 1.54) is 0 Å². The van der Waals surface area contributed by atoms with Gasteiger partial charge in [0.25, 0.3) is 5.91 Å². The fraction of sp³-hybridized carbons (Fsp3) is 0.462. The van der Waals surface area contributed by atoms with Gasteiger partial charge in [-0.05, 0) is 25.2 Å². The highest BCUT2D eigenvalue weighted by Gasteiger charge is 2.13. The molecule has 1 aliphatic heterocycles. The van der Waals surface area contributed by atoms with Gasteiger partial charge in [-0.1, -0.05) is 0 Å². The van der Waals surface area contributed by atoms with E-state index >= 15 is 0 Å². The van der Waals surface area contributed by atoms with Crippen molar-refractivity contribution in [3.8, 4) is 11.5 Å². The van der Waals surface area contributed by atoms with Crippen LogP contribution in [-0.2, 0) is 0 Å². The van der Waals surface area contributed by atoms with Gasteiger partial charge in [0.1, 0.15) is 0 Å². The molecule has 0 bridgehead atoms. The molecule has 2 rings (SSSR count). The smallest absolute Gasteiger partial charge is 0.251 e. The van der Waals surface area contributed by atoms with Crippen molar-refractivity contribution in [3.63, 3.8) is 0 Å². The first-order valence-corrected chi connectivity index (χ1v) is 6.13. The maximum Gasteiger partial charge on any atom is 0.251 e. The van der Waals surface area contributed by atoms with Gasteiger partial charge >= 0.3 is 0 Å². The molecule has 0 saturated carbocycles. The second-order valence-corrected chi connectivity index (χ2v) is 4.07. The summed E-state index contributed by atoms with van der Waals surface area (Å²) >= 11 is 0. The molecular weight excluding hydrogens is 268 g/mol. The van der Waals surface area contributed by atoms with Crippen molar-refractivity contribution in [1.29, 1.82) is 0 Å². The third kappa shape index (κ3) is 4.29. The molecule has 19 heavy (non-hydrogen) atoms. The molecule has 106 valence electrons. The Hall–Kier alpha value is -1.46. The number of hydrogen-bond acceptors (Lipinski definition) is 4. The molecule has 0 fully saturated rings. The molecule has 1 amide bonds. The van der Waals surface area contributed by atoms with Crippen molar-refractivity contribution in [1.82, 2.24) is 10.6 Å². The molecule has 1 heterocycles. The molecule has 0 spiro atoms. The Morgan fingerprint density at radius 1 is 1.21 bits per heavy atom. The lowest BCUT2D eigenvalue weighted by Crippen LogP contribution is -2.30. The molecule has 0 unspecified atom stereocenters. The summed E-state index contributed by atoms with van der Waals surface area (Å²) < 4.78 is 11.1. The normalized spacial score (nSPS) is 13.1. The van der Waals surface area contributed by atoms with E-state index in [-0.39, 0.29) is 18.3 Å². The van der Waals surface area contributed by atoms with E-state index in [1.807, 2.05) is 7.05 Å². The summed E-state index contributed by atoms with van der Waals surface area (Å²) in [7, 11) is 1.85. The average molecular weight is 287 g/mol. The first kappa shape index (κ1) is 15.6. The minimum absolute atomic E-state index is 0. The lowest BCUT2D eigenvalue weighted by molar-refractivity contribution is 0.0953. The number of carbonyl (C=O) groups excluding carboxylic acids is 1. The van der Waals surface area contributed by atoms with Crippen LogP contribution in [0.25, 0.3) is 0 Å². The predicted molar refractivity (Wildman–Crippen MR) is 75.6 cm³/mol. The van der Waals surface area contributed by atoms with E-state index in [4.69, 9.17) is 9.47 Å². The maximum atomic E-state index is 11.9. The van der Waals surface area contributed by atoms with Gasteiger partial charge in [0, 0.05) is 25.1 Å². The fourth-order valence-electron chi connectivity index (χ4n) is 1.71. The minimum atomic E-state index is -0.0964. The van der Waals surface area contributed by atoms with Crippen LogP contribution >= 0.6 is 12.4 Å². The zero-order chi connectivity index (χ0) is 12.8. The van der Waals surface area contributed by atoms with E-state index in [1.54, 1.807) is 18.2 Å². The minimum Gasteiger partial charge on any atom is -0.490 e. The predicted octanol–water partition coefficient (Wildman–Crippen LogP) is 1.22. The van der Waals surface area contributed by atoms with Gasteiger partial charge in [-0.15, -0.1) is 12.4 Å². The first-order valence-electron chi connectivity index (χ1n) is 6.13. The second kappa shape index (κ2) is 7.86. The Labute approximate surface area is 119 Å². The molecule has 0 atom stereocenters. The van der Waals surface area contributed by atoms with Crippen LogP contribution in [-0.4, -0.2) is 39.3 Å². The lowest BCUT2D eigenvalue weighted by atomic mass is 10.2. The average Bonchev–Trinajstić information content (AvgIpc) is 2.63. The quantitative estimate of drug-likeness (QED) is 0.817. The Morgan fingerprint density at radius 2 is 1.95 bits per heavy atom. The number of ether oxygens (including phenoxy) is 2. The molecule has 1 aliphatic rings. The summed E-state index contributed by atoms with van der Waals surface area (Å²) in [5.74, 6) is 1.26. The van der Waals surface area contributed by atoms with E-state index < -0.39 is 0 Å². The molecule has 2 N–H and O–H groups in total. The van der Waals surface area contributed by atoms with Crippen molar-refractivity contribution >= 4 is 18.3 Å². The number of carbonyl (C=O) groups is 1. The van der Waals surface area contributed by atoms with Gasteiger partial charge in [0.05, 0.1) is 13.2 Å². The number of halogens is 1. The van der Waals surface area contributed by atoms with E-state index in [0.29, 0.717) is 36.8 Å². The Morgan fingerprint density at radius 3 is 2.68 bits per heavy atom. The standard InChI is InChI=1S/C13H18N2O3.ClH/c1-14-5-6-15-13(16)10-3-4-11-12(9-10)18-8-2-7-17-11;/h3-4,9,14H,2,5-8H2,1H3,(H,15,16);1H. The van der Waals surface area contributed by atoms with Gasteiger partial charge in [-0.3, -0.25) is 4.79 Å². The molecule has 0 saturated heterocycles. The molecule has 0 radical (unpaired) electrons. The van der Waals surface area contributed by atoms with Gasteiger partial charge in [-0.2, -0.15) is 0 Å². The number of rotatable bonds is 4. The maximum absolute atomic E-state index is 11.9. The molecule has 0 aromatic heterocycles. The zero-order valence-corrected chi connectivity index (χ0v) is 11.7. The molecule has 6 heteroatoms. The van der Waals surface area contributed by atoms with Crippen LogP contribution in [0.1, 0.15) is 16.8 Å². The highest BCUT2D eigenvalue weighted by Crippen LogP contribution is 2.30. The fourth-order valence-corrected chi connectivity index (χ4v) is 1.71. The van der Waals surface area contributed by atoms with Gasteiger partial charge in [0.15, 0.2) is 11.5 Å². The summed E-state index contributed by atoms with van der Waals surface area (Å²) in [6.07, 6.45) is 0.860. The van der Waals surface area contributed by atoms with Crippen LogP contribution in [0.2, 0.25) is 0 Å². The molecular formula is C13H19ClN2O3. The SMILES string of the molecule is CNCCNC(=O)c1ccc2c(c1)OCCCO2.Cl. The van der Waals surface area contributed by atoms with Crippen LogP contribution in [0, 0.1) is 0 Å².